The van der Waals surface area contributed by atoms with Crippen LogP contribution in [0.15, 0.2) is 18.2 Å². The molecule has 1 aliphatic rings. The number of hydrogen-bond donors (Lipinski definition) is 3. The lowest BCUT2D eigenvalue weighted by atomic mass is 10.0. The number of amides is 1. The van der Waals surface area contributed by atoms with Crippen molar-refractivity contribution in [1.82, 2.24) is 5.32 Å². The predicted molar refractivity (Wildman–Crippen MR) is 67.1 cm³/mol. The minimum absolute atomic E-state index is 0.0643. The Morgan fingerprint density at radius 3 is 3.00 bits per heavy atom. The second-order valence-corrected chi connectivity index (χ2v) is 4.51. The number of carbonyl (C=O) groups excluding carboxylic acids is 1. The van der Waals surface area contributed by atoms with E-state index in [-0.39, 0.29) is 17.7 Å². The third kappa shape index (κ3) is 2.97. The van der Waals surface area contributed by atoms with Crippen molar-refractivity contribution in [2.24, 2.45) is 0 Å². The number of aromatic hydroxyl groups is 1. The maximum Gasteiger partial charge on any atom is 0.241 e. The fourth-order valence-electron chi connectivity index (χ4n) is 2.05. The van der Waals surface area contributed by atoms with Gasteiger partial charge in [0.05, 0.1) is 11.7 Å². The van der Waals surface area contributed by atoms with E-state index in [1.807, 2.05) is 13.0 Å². The van der Waals surface area contributed by atoms with Gasteiger partial charge in [-0.2, -0.15) is 0 Å². The van der Waals surface area contributed by atoms with E-state index in [9.17, 15) is 9.90 Å². The first kappa shape index (κ1) is 11.9. The van der Waals surface area contributed by atoms with Crippen LogP contribution in [-0.4, -0.2) is 23.6 Å². The molecule has 0 unspecified atom stereocenters. The van der Waals surface area contributed by atoms with Crippen molar-refractivity contribution in [3.05, 3.63) is 23.8 Å². The molecular weight excluding hydrogens is 216 g/mol. The van der Waals surface area contributed by atoms with Crippen LogP contribution < -0.4 is 10.6 Å². The number of piperidine rings is 1. The predicted octanol–water partition coefficient (Wildman–Crippen LogP) is 1.78. The summed E-state index contributed by atoms with van der Waals surface area (Å²) in [6, 6.07) is 5.04. The maximum atomic E-state index is 11.9. The molecular formula is C13H18N2O2. The largest absolute Gasteiger partial charge is 0.506 e. The van der Waals surface area contributed by atoms with E-state index in [4.69, 9.17) is 0 Å². The van der Waals surface area contributed by atoms with Crippen LogP contribution in [0.2, 0.25) is 0 Å². The second kappa shape index (κ2) is 5.19. The summed E-state index contributed by atoms with van der Waals surface area (Å²) in [5.41, 5.74) is 1.50. The summed E-state index contributed by atoms with van der Waals surface area (Å²) >= 11 is 0. The minimum Gasteiger partial charge on any atom is -0.506 e. The van der Waals surface area contributed by atoms with Crippen LogP contribution in [-0.2, 0) is 4.79 Å². The zero-order chi connectivity index (χ0) is 12.3. The molecule has 0 aromatic heterocycles. The van der Waals surface area contributed by atoms with Gasteiger partial charge >= 0.3 is 0 Å². The molecule has 3 N–H and O–H groups in total. The Kier molecular flexibility index (Phi) is 3.64. The number of hydrogen-bond acceptors (Lipinski definition) is 3. The highest BCUT2D eigenvalue weighted by molar-refractivity contribution is 5.96. The summed E-state index contributed by atoms with van der Waals surface area (Å²) in [4.78, 5) is 11.9. The first-order valence-electron chi connectivity index (χ1n) is 6.00. The fraction of sp³-hybridized carbons (Fsp3) is 0.462. The van der Waals surface area contributed by atoms with Gasteiger partial charge in [0.25, 0.3) is 0 Å². The topological polar surface area (TPSA) is 61.4 Å². The molecule has 4 heteroatoms. The van der Waals surface area contributed by atoms with Gasteiger partial charge in [0.2, 0.25) is 5.91 Å². The molecule has 1 saturated heterocycles. The molecule has 1 atom stereocenters. The van der Waals surface area contributed by atoms with E-state index < -0.39 is 0 Å². The van der Waals surface area contributed by atoms with Crippen LogP contribution in [0.3, 0.4) is 0 Å². The molecule has 0 saturated carbocycles. The van der Waals surface area contributed by atoms with Crippen LogP contribution in [0.1, 0.15) is 24.8 Å². The summed E-state index contributed by atoms with van der Waals surface area (Å²) in [6.07, 6.45) is 3.06. The average molecular weight is 234 g/mol. The van der Waals surface area contributed by atoms with Gasteiger partial charge in [0.15, 0.2) is 0 Å². The smallest absolute Gasteiger partial charge is 0.241 e. The van der Waals surface area contributed by atoms with E-state index in [2.05, 4.69) is 10.6 Å². The first-order chi connectivity index (χ1) is 8.16. The number of carbonyl (C=O) groups is 1. The lowest BCUT2D eigenvalue weighted by Gasteiger charge is -2.22. The van der Waals surface area contributed by atoms with E-state index in [0.29, 0.717) is 5.69 Å². The Hall–Kier alpha value is -1.55. The zero-order valence-corrected chi connectivity index (χ0v) is 9.99. The second-order valence-electron chi connectivity index (χ2n) is 4.51. The SMILES string of the molecule is Cc1ccc(O)c(NC(=O)[C@@H]2CCCCN2)c1. The number of nitrogens with one attached hydrogen (secondary N) is 2. The molecule has 0 radical (unpaired) electrons. The third-order valence-electron chi connectivity index (χ3n) is 3.04. The summed E-state index contributed by atoms with van der Waals surface area (Å²) in [5, 5.41) is 15.6. The Balaban J connectivity index is 2.04. The number of aryl methyl sites for hydroxylation is 1. The van der Waals surface area contributed by atoms with E-state index in [1.165, 1.54) is 0 Å². The molecule has 1 amide bonds. The molecule has 2 rings (SSSR count). The molecule has 0 aliphatic carbocycles. The zero-order valence-electron chi connectivity index (χ0n) is 9.99. The Bertz CT molecular complexity index is 412. The number of benzene rings is 1. The number of phenols is 1. The first-order valence-corrected chi connectivity index (χ1v) is 6.00. The molecule has 1 aliphatic heterocycles. The number of rotatable bonds is 2. The summed E-state index contributed by atoms with van der Waals surface area (Å²) in [6.45, 7) is 2.81. The average Bonchev–Trinajstić information content (AvgIpc) is 2.35. The molecule has 0 spiro atoms. The van der Waals surface area contributed by atoms with Crippen molar-refractivity contribution in [2.45, 2.75) is 32.2 Å². The van der Waals surface area contributed by atoms with Crippen molar-refractivity contribution in [2.75, 3.05) is 11.9 Å². The molecule has 1 aromatic carbocycles. The van der Waals surface area contributed by atoms with Gasteiger partial charge in [-0.15, -0.1) is 0 Å². The normalized spacial score (nSPS) is 19.9. The molecule has 1 heterocycles. The van der Waals surface area contributed by atoms with Crippen LogP contribution in [0, 0.1) is 6.92 Å². The van der Waals surface area contributed by atoms with Gasteiger partial charge in [0.1, 0.15) is 5.75 Å². The summed E-state index contributed by atoms with van der Waals surface area (Å²) in [7, 11) is 0. The highest BCUT2D eigenvalue weighted by Gasteiger charge is 2.21. The van der Waals surface area contributed by atoms with Gasteiger partial charge in [-0.3, -0.25) is 4.79 Å². The van der Waals surface area contributed by atoms with Crippen LogP contribution in [0.25, 0.3) is 0 Å². The van der Waals surface area contributed by atoms with Gasteiger partial charge < -0.3 is 15.7 Å². The van der Waals surface area contributed by atoms with E-state index in [0.717, 1.165) is 31.4 Å². The van der Waals surface area contributed by atoms with Crippen LogP contribution in [0.4, 0.5) is 5.69 Å². The molecule has 4 nitrogen and oxygen atoms in total. The molecule has 92 valence electrons. The molecule has 1 aromatic rings. The Morgan fingerprint density at radius 1 is 1.47 bits per heavy atom. The van der Waals surface area contributed by atoms with Gasteiger partial charge in [-0.1, -0.05) is 12.5 Å². The van der Waals surface area contributed by atoms with Crippen LogP contribution in [0.5, 0.6) is 5.75 Å². The van der Waals surface area contributed by atoms with Crippen molar-refractivity contribution in [1.29, 1.82) is 0 Å². The molecule has 0 bridgehead atoms. The maximum absolute atomic E-state index is 11.9. The standard InChI is InChI=1S/C13H18N2O2/c1-9-5-6-12(16)11(8-9)15-13(17)10-4-2-3-7-14-10/h5-6,8,10,14,16H,2-4,7H2,1H3,(H,15,17)/t10-/m0/s1. The van der Waals surface area contributed by atoms with Crippen LogP contribution >= 0.6 is 0 Å². The van der Waals surface area contributed by atoms with Crippen molar-refractivity contribution >= 4 is 11.6 Å². The lowest BCUT2D eigenvalue weighted by Crippen LogP contribution is -2.43. The van der Waals surface area contributed by atoms with Gasteiger partial charge in [-0.05, 0) is 44.0 Å². The summed E-state index contributed by atoms with van der Waals surface area (Å²) < 4.78 is 0. The van der Waals surface area contributed by atoms with Gasteiger partial charge in [0, 0.05) is 0 Å². The number of phenolic OH excluding ortho intramolecular Hbond substituents is 1. The highest BCUT2D eigenvalue weighted by Crippen LogP contribution is 2.24. The summed E-state index contributed by atoms with van der Waals surface area (Å²) in [5.74, 6) is 0.0466. The molecule has 17 heavy (non-hydrogen) atoms. The number of anilines is 1. The Labute approximate surface area is 101 Å². The third-order valence-corrected chi connectivity index (χ3v) is 3.04. The lowest BCUT2D eigenvalue weighted by molar-refractivity contribution is -0.118. The fourth-order valence-corrected chi connectivity index (χ4v) is 2.05. The minimum atomic E-state index is -0.135. The van der Waals surface area contributed by atoms with Crippen molar-refractivity contribution in [3.63, 3.8) is 0 Å². The van der Waals surface area contributed by atoms with Gasteiger partial charge in [-0.25, -0.2) is 0 Å². The Morgan fingerprint density at radius 2 is 2.29 bits per heavy atom. The highest BCUT2D eigenvalue weighted by atomic mass is 16.3. The van der Waals surface area contributed by atoms with Crippen molar-refractivity contribution < 1.29 is 9.90 Å². The van der Waals surface area contributed by atoms with E-state index >= 15 is 0 Å². The van der Waals surface area contributed by atoms with Crippen molar-refractivity contribution in [3.8, 4) is 5.75 Å². The molecule has 1 fully saturated rings. The monoisotopic (exact) mass is 234 g/mol. The van der Waals surface area contributed by atoms with E-state index in [1.54, 1.807) is 12.1 Å². The quantitative estimate of drug-likeness (QED) is 0.684.